The van der Waals surface area contributed by atoms with Gasteiger partial charge in [-0.15, -0.1) is 0 Å². The Morgan fingerprint density at radius 1 is 1.43 bits per heavy atom. The van der Waals surface area contributed by atoms with Crippen LogP contribution in [0.2, 0.25) is 0 Å². The van der Waals surface area contributed by atoms with E-state index in [-0.39, 0.29) is 5.91 Å². The first-order chi connectivity index (χ1) is 11.0. The monoisotopic (exact) mass is 320 g/mol. The SMILES string of the molecule is COC(=O)[C@@H](CO)NC(=O)c1cccc(CN2CCCC2=O)c1. The number of carbonyl (C=O) groups is 3. The zero-order chi connectivity index (χ0) is 16.8. The van der Waals surface area contributed by atoms with Gasteiger partial charge >= 0.3 is 5.97 Å². The van der Waals surface area contributed by atoms with E-state index in [1.807, 2.05) is 6.07 Å². The van der Waals surface area contributed by atoms with Crippen molar-refractivity contribution in [2.75, 3.05) is 20.3 Å². The molecule has 1 heterocycles. The van der Waals surface area contributed by atoms with Gasteiger partial charge in [0.25, 0.3) is 5.91 Å². The molecule has 1 fully saturated rings. The van der Waals surface area contributed by atoms with E-state index in [1.54, 1.807) is 23.1 Å². The molecule has 1 aromatic carbocycles. The predicted octanol–water partition coefficient (Wildman–Crippen LogP) is 0.0727. The summed E-state index contributed by atoms with van der Waals surface area (Å²) in [6.45, 7) is 0.644. The van der Waals surface area contributed by atoms with Gasteiger partial charge in [-0.05, 0) is 24.1 Å². The zero-order valence-corrected chi connectivity index (χ0v) is 12.9. The van der Waals surface area contributed by atoms with Crippen LogP contribution >= 0.6 is 0 Å². The number of likely N-dealkylation sites (tertiary alicyclic amines) is 1. The Bertz CT molecular complexity index is 602. The van der Waals surface area contributed by atoms with Crippen molar-refractivity contribution in [3.8, 4) is 0 Å². The van der Waals surface area contributed by atoms with Crippen LogP contribution in [0.1, 0.15) is 28.8 Å². The van der Waals surface area contributed by atoms with Crippen molar-refractivity contribution in [2.45, 2.75) is 25.4 Å². The van der Waals surface area contributed by atoms with Crippen molar-refractivity contribution < 1.29 is 24.2 Å². The maximum Gasteiger partial charge on any atom is 0.330 e. The van der Waals surface area contributed by atoms with E-state index in [2.05, 4.69) is 10.1 Å². The maximum atomic E-state index is 12.2. The van der Waals surface area contributed by atoms with E-state index in [0.29, 0.717) is 18.5 Å². The van der Waals surface area contributed by atoms with Crippen LogP contribution in [0, 0.1) is 0 Å². The third-order valence-electron chi connectivity index (χ3n) is 3.71. The molecule has 7 nitrogen and oxygen atoms in total. The van der Waals surface area contributed by atoms with Gasteiger partial charge in [0.15, 0.2) is 6.04 Å². The summed E-state index contributed by atoms with van der Waals surface area (Å²) in [6, 6.07) is 5.74. The zero-order valence-electron chi connectivity index (χ0n) is 12.9. The molecular weight excluding hydrogens is 300 g/mol. The number of nitrogens with zero attached hydrogens (tertiary/aromatic N) is 1. The van der Waals surface area contributed by atoms with Crippen molar-refractivity contribution in [2.24, 2.45) is 0 Å². The molecule has 0 bridgehead atoms. The third-order valence-corrected chi connectivity index (χ3v) is 3.71. The number of ether oxygens (including phenoxy) is 1. The van der Waals surface area contributed by atoms with E-state index in [0.717, 1.165) is 18.5 Å². The lowest BCUT2D eigenvalue weighted by atomic mass is 10.1. The standard InChI is InChI=1S/C16H20N2O5/c1-23-16(22)13(10-19)17-15(21)12-5-2-4-11(8-12)9-18-7-3-6-14(18)20/h2,4-5,8,13,19H,3,6-7,9-10H2,1H3,(H,17,21)/t13-/m1/s1. The molecule has 1 atom stereocenters. The highest BCUT2D eigenvalue weighted by Crippen LogP contribution is 2.15. The quantitative estimate of drug-likeness (QED) is 0.723. The van der Waals surface area contributed by atoms with Gasteiger partial charge in [-0.25, -0.2) is 4.79 Å². The Kier molecular flexibility index (Phi) is 5.70. The molecule has 0 radical (unpaired) electrons. The van der Waals surface area contributed by atoms with E-state index < -0.39 is 24.5 Å². The maximum absolute atomic E-state index is 12.2. The summed E-state index contributed by atoms with van der Waals surface area (Å²) in [5, 5.41) is 11.6. The molecule has 1 saturated heterocycles. The minimum atomic E-state index is -1.10. The number of benzene rings is 1. The predicted molar refractivity (Wildman–Crippen MR) is 81.4 cm³/mol. The molecule has 23 heavy (non-hydrogen) atoms. The smallest absolute Gasteiger partial charge is 0.330 e. The summed E-state index contributed by atoms with van der Waals surface area (Å²) in [4.78, 5) is 37.0. The molecule has 1 aliphatic rings. The molecule has 1 aromatic rings. The molecule has 7 heteroatoms. The fraction of sp³-hybridized carbons (Fsp3) is 0.438. The highest BCUT2D eigenvalue weighted by Gasteiger charge is 2.22. The number of amides is 2. The van der Waals surface area contributed by atoms with Crippen molar-refractivity contribution in [1.82, 2.24) is 10.2 Å². The van der Waals surface area contributed by atoms with Crippen molar-refractivity contribution in [3.05, 3.63) is 35.4 Å². The van der Waals surface area contributed by atoms with Gasteiger partial charge in [0.1, 0.15) is 0 Å². The van der Waals surface area contributed by atoms with Crippen LogP contribution < -0.4 is 5.32 Å². The molecule has 124 valence electrons. The van der Waals surface area contributed by atoms with Crippen molar-refractivity contribution >= 4 is 17.8 Å². The van der Waals surface area contributed by atoms with E-state index >= 15 is 0 Å². The van der Waals surface area contributed by atoms with E-state index in [1.165, 1.54) is 7.11 Å². The van der Waals surface area contributed by atoms with Crippen LogP contribution in [0.25, 0.3) is 0 Å². The van der Waals surface area contributed by atoms with Crippen LogP contribution in [-0.4, -0.2) is 54.1 Å². The fourth-order valence-electron chi connectivity index (χ4n) is 2.47. The Balaban J connectivity index is 2.04. The molecule has 2 amide bonds. The number of methoxy groups -OCH3 is 1. The number of rotatable bonds is 6. The van der Waals surface area contributed by atoms with Gasteiger partial charge in [-0.1, -0.05) is 12.1 Å². The molecule has 0 aliphatic carbocycles. The Labute approximate surface area is 134 Å². The van der Waals surface area contributed by atoms with Gasteiger partial charge in [-0.3, -0.25) is 9.59 Å². The Morgan fingerprint density at radius 3 is 2.83 bits per heavy atom. The first kappa shape index (κ1) is 17.0. The number of hydrogen-bond donors (Lipinski definition) is 2. The molecule has 1 aliphatic heterocycles. The summed E-state index contributed by atoms with van der Waals surface area (Å²) in [6.07, 6.45) is 1.42. The summed E-state index contributed by atoms with van der Waals surface area (Å²) in [5.74, 6) is -1.07. The van der Waals surface area contributed by atoms with Crippen LogP contribution in [0.4, 0.5) is 0 Å². The van der Waals surface area contributed by atoms with E-state index in [4.69, 9.17) is 5.11 Å². The molecule has 0 unspecified atom stereocenters. The highest BCUT2D eigenvalue weighted by atomic mass is 16.5. The Morgan fingerprint density at radius 2 is 2.22 bits per heavy atom. The molecule has 0 saturated carbocycles. The van der Waals surface area contributed by atoms with Crippen LogP contribution in [0.3, 0.4) is 0 Å². The number of carbonyl (C=O) groups excluding carboxylic acids is 3. The molecule has 0 spiro atoms. The first-order valence-corrected chi connectivity index (χ1v) is 7.41. The van der Waals surface area contributed by atoms with Gasteiger partial charge < -0.3 is 20.1 Å². The van der Waals surface area contributed by atoms with Crippen molar-refractivity contribution in [1.29, 1.82) is 0 Å². The second-order valence-corrected chi connectivity index (χ2v) is 5.35. The second kappa shape index (κ2) is 7.73. The van der Waals surface area contributed by atoms with Gasteiger partial charge in [-0.2, -0.15) is 0 Å². The first-order valence-electron chi connectivity index (χ1n) is 7.41. The second-order valence-electron chi connectivity index (χ2n) is 5.35. The van der Waals surface area contributed by atoms with Crippen LogP contribution in [0.5, 0.6) is 0 Å². The molecule has 2 rings (SSSR count). The minimum absolute atomic E-state index is 0.117. The average Bonchev–Trinajstić information content (AvgIpc) is 2.96. The largest absolute Gasteiger partial charge is 0.467 e. The summed E-state index contributed by atoms with van der Waals surface area (Å²) < 4.78 is 4.51. The van der Waals surface area contributed by atoms with E-state index in [9.17, 15) is 14.4 Å². The lowest BCUT2D eigenvalue weighted by Gasteiger charge is -2.17. The summed E-state index contributed by atoms with van der Waals surface area (Å²) in [5.41, 5.74) is 1.20. The lowest BCUT2D eigenvalue weighted by Crippen LogP contribution is -2.44. The Hall–Kier alpha value is -2.41. The van der Waals surface area contributed by atoms with Crippen molar-refractivity contribution in [3.63, 3.8) is 0 Å². The number of aliphatic hydroxyl groups is 1. The number of hydrogen-bond acceptors (Lipinski definition) is 5. The van der Waals surface area contributed by atoms with Crippen LogP contribution in [0.15, 0.2) is 24.3 Å². The van der Waals surface area contributed by atoms with Gasteiger partial charge in [0.2, 0.25) is 5.91 Å². The van der Waals surface area contributed by atoms with Gasteiger partial charge in [0, 0.05) is 25.1 Å². The number of esters is 1. The van der Waals surface area contributed by atoms with Gasteiger partial charge in [0.05, 0.1) is 13.7 Å². The summed E-state index contributed by atoms with van der Waals surface area (Å²) in [7, 11) is 1.19. The molecule has 2 N–H and O–H groups in total. The van der Waals surface area contributed by atoms with Crippen LogP contribution in [-0.2, 0) is 20.9 Å². The lowest BCUT2D eigenvalue weighted by molar-refractivity contribution is -0.143. The minimum Gasteiger partial charge on any atom is -0.467 e. The molecule has 0 aromatic heterocycles. The summed E-state index contributed by atoms with van der Waals surface area (Å²) >= 11 is 0. The number of nitrogens with one attached hydrogen (secondary N) is 1. The topological polar surface area (TPSA) is 95.9 Å². The fourth-order valence-corrected chi connectivity index (χ4v) is 2.47. The highest BCUT2D eigenvalue weighted by molar-refractivity contribution is 5.97. The normalized spacial score (nSPS) is 15.4. The average molecular weight is 320 g/mol. The number of aliphatic hydroxyl groups excluding tert-OH is 1. The third kappa shape index (κ3) is 4.29. The molecular formula is C16H20N2O5.